The molecule has 0 unspecified atom stereocenters. The second kappa shape index (κ2) is 8.05. The Morgan fingerprint density at radius 2 is 1.79 bits per heavy atom. The highest BCUT2D eigenvalue weighted by Crippen LogP contribution is 2.41. The lowest BCUT2D eigenvalue weighted by Crippen LogP contribution is -2.03. The van der Waals surface area contributed by atoms with Crippen LogP contribution in [0.25, 0.3) is 11.1 Å². The van der Waals surface area contributed by atoms with Crippen LogP contribution in [0.4, 0.5) is 0 Å². The fourth-order valence-corrected chi connectivity index (χ4v) is 3.51. The standard InChI is InChI=1S/C23H20N2O3/c26-23(27)21-13-5-12-20(25-21)18-10-4-9-17(18)19-11-6-14-24-22(19)28-15-16-7-2-1-3-8-16/h1-3,5-8,11-14H,4,9-10,15H2,(H,26,27). The van der Waals surface area contributed by atoms with Crippen LogP contribution in [0.1, 0.15) is 46.6 Å². The van der Waals surface area contributed by atoms with Crippen LogP contribution in [-0.4, -0.2) is 21.0 Å². The van der Waals surface area contributed by atoms with E-state index < -0.39 is 5.97 Å². The zero-order valence-electron chi connectivity index (χ0n) is 15.3. The van der Waals surface area contributed by atoms with E-state index in [-0.39, 0.29) is 5.69 Å². The molecule has 28 heavy (non-hydrogen) atoms. The van der Waals surface area contributed by atoms with Gasteiger partial charge in [-0.15, -0.1) is 0 Å². The number of nitrogens with zero attached hydrogens (tertiary/aromatic N) is 2. The molecule has 0 aliphatic heterocycles. The first-order valence-electron chi connectivity index (χ1n) is 9.27. The van der Waals surface area contributed by atoms with Crippen LogP contribution >= 0.6 is 0 Å². The summed E-state index contributed by atoms with van der Waals surface area (Å²) < 4.78 is 6.02. The SMILES string of the molecule is O=C(O)c1cccc(C2=C(c3cccnc3OCc3ccccc3)CCC2)n1. The van der Waals surface area contributed by atoms with Crippen molar-refractivity contribution in [2.45, 2.75) is 25.9 Å². The zero-order valence-corrected chi connectivity index (χ0v) is 15.3. The van der Waals surface area contributed by atoms with Gasteiger partial charge in [0.05, 0.1) is 5.69 Å². The predicted molar refractivity (Wildman–Crippen MR) is 107 cm³/mol. The highest BCUT2D eigenvalue weighted by Gasteiger charge is 2.22. The minimum absolute atomic E-state index is 0.0583. The van der Waals surface area contributed by atoms with Crippen molar-refractivity contribution in [1.82, 2.24) is 9.97 Å². The van der Waals surface area contributed by atoms with Crippen molar-refractivity contribution in [1.29, 1.82) is 0 Å². The first-order chi connectivity index (χ1) is 13.7. The Hall–Kier alpha value is -3.47. The summed E-state index contributed by atoms with van der Waals surface area (Å²) in [6, 6.07) is 19.0. The summed E-state index contributed by atoms with van der Waals surface area (Å²) >= 11 is 0. The molecule has 1 N–H and O–H groups in total. The second-order valence-electron chi connectivity index (χ2n) is 6.65. The molecule has 5 heteroatoms. The van der Waals surface area contributed by atoms with Gasteiger partial charge in [0.15, 0.2) is 0 Å². The highest BCUT2D eigenvalue weighted by atomic mass is 16.5. The summed E-state index contributed by atoms with van der Waals surface area (Å²) in [5, 5.41) is 9.25. The predicted octanol–water partition coefficient (Wildman–Crippen LogP) is 4.85. The smallest absolute Gasteiger partial charge is 0.354 e. The van der Waals surface area contributed by atoms with Gasteiger partial charge in [0.2, 0.25) is 5.88 Å². The van der Waals surface area contributed by atoms with Crippen LogP contribution in [0.5, 0.6) is 5.88 Å². The number of hydrogen-bond donors (Lipinski definition) is 1. The minimum atomic E-state index is -1.02. The molecular formula is C23H20N2O3. The summed E-state index contributed by atoms with van der Waals surface area (Å²) in [6.07, 6.45) is 4.47. The molecule has 0 amide bonds. The maximum atomic E-state index is 11.3. The average molecular weight is 372 g/mol. The Labute approximate surface area is 163 Å². The molecular weight excluding hydrogens is 352 g/mol. The topological polar surface area (TPSA) is 72.3 Å². The van der Waals surface area contributed by atoms with Crippen molar-refractivity contribution >= 4 is 17.1 Å². The van der Waals surface area contributed by atoms with Gasteiger partial charge in [-0.05, 0) is 60.2 Å². The van der Waals surface area contributed by atoms with Gasteiger partial charge in [-0.2, -0.15) is 0 Å². The molecule has 2 heterocycles. The van der Waals surface area contributed by atoms with Crippen molar-refractivity contribution in [3.05, 3.63) is 89.4 Å². The number of aromatic carboxylic acids is 1. The number of pyridine rings is 2. The van der Waals surface area contributed by atoms with E-state index in [0.29, 0.717) is 18.2 Å². The third-order valence-corrected chi connectivity index (χ3v) is 4.81. The largest absolute Gasteiger partial charge is 0.477 e. The highest BCUT2D eigenvalue weighted by molar-refractivity contribution is 5.94. The van der Waals surface area contributed by atoms with E-state index in [1.807, 2.05) is 48.5 Å². The molecule has 1 aromatic carbocycles. The quantitative estimate of drug-likeness (QED) is 0.670. The van der Waals surface area contributed by atoms with Gasteiger partial charge in [-0.25, -0.2) is 14.8 Å². The van der Waals surface area contributed by atoms with E-state index in [4.69, 9.17) is 4.74 Å². The summed E-state index contributed by atoms with van der Waals surface area (Å²) in [4.78, 5) is 20.1. The van der Waals surface area contributed by atoms with Gasteiger partial charge in [0, 0.05) is 11.8 Å². The fraction of sp³-hybridized carbons (Fsp3) is 0.174. The zero-order chi connectivity index (χ0) is 19.3. The van der Waals surface area contributed by atoms with Crippen molar-refractivity contribution in [2.75, 3.05) is 0 Å². The minimum Gasteiger partial charge on any atom is -0.477 e. The number of carbonyl (C=O) groups is 1. The van der Waals surface area contributed by atoms with Gasteiger partial charge < -0.3 is 9.84 Å². The van der Waals surface area contributed by atoms with E-state index in [1.165, 1.54) is 6.07 Å². The number of ether oxygens (including phenoxy) is 1. The fourth-order valence-electron chi connectivity index (χ4n) is 3.51. The van der Waals surface area contributed by atoms with Crippen molar-refractivity contribution < 1.29 is 14.6 Å². The Morgan fingerprint density at radius 1 is 0.964 bits per heavy atom. The van der Waals surface area contributed by atoms with Crippen LogP contribution < -0.4 is 4.74 Å². The molecule has 0 saturated heterocycles. The average Bonchev–Trinajstić information content (AvgIpc) is 3.23. The number of hydrogen-bond acceptors (Lipinski definition) is 4. The summed E-state index contributed by atoms with van der Waals surface area (Å²) in [7, 11) is 0. The molecule has 0 spiro atoms. The van der Waals surface area contributed by atoms with Crippen molar-refractivity contribution in [2.24, 2.45) is 0 Å². The molecule has 2 aromatic heterocycles. The molecule has 4 rings (SSSR count). The lowest BCUT2D eigenvalue weighted by Gasteiger charge is -2.13. The third kappa shape index (κ3) is 3.78. The monoisotopic (exact) mass is 372 g/mol. The molecule has 0 fully saturated rings. The third-order valence-electron chi connectivity index (χ3n) is 4.81. The number of allylic oxidation sites excluding steroid dienone is 2. The van der Waals surface area contributed by atoms with Gasteiger partial charge in [-0.1, -0.05) is 36.4 Å². The van der Waals surface area contributed by atoms with E-state index in [1.54, 1.807) is 12.3 Å². The molecule has 1 aliphatic rings. The van der Waals surface area contributed by atoms with E-state index >= 15 is 0 Å². The van der Waals surface area contributed by atoms with Gasteiger partial charge >= 0.3 is 5.97 Å². The van der Waals surface area contributed by atoms with Gasteiger partial charge in [0.1, 0.15) is 12.3 Å². The lowest BCUT2D eigenvalue weighted by molar-refractivity contribution is 0.0690. The summed E-state index contributed by atoms with van der Waals surface area (Å²) in [5.41, 5.74) is 5.00. The summed E-state index contributed by atoms with van der Waals surface area (Å²) in [6.45, 7) is 0.445. The van der Waals surface area contributed by atoms with Crippen molar-refractivity contribution in [3.63, 3.8) is 0 Å². The molecule has 0 radical (unpaired) electrons. The van der Waals surface area contributed by atoms with Crippen LogP contribution in [-0.2, 0) is 6.61 Å². The van der Waals surface area contributed by atoms with Crippen LogP contribution in [0.15, 0.2) is 66.9 Å². The number of carboxylic acids is 1. The number of aromatic nitrogens is 2. The Balaban J connectivity index is 1.68. The normalized spacial score (nSPS) is 13.6. The van der Waals surface area contributed by atoms with Gasteiger partial charge in [-0.3, -0.25) is 0 Å². The maximum absolute atomic E-state index is 11.3. The molecule has 0 saturated carbocycles. The lowest BCUT2D eigenvalue weighted by atomic mass is 10.0. The van der Waals surface area contributed by atoms with Crippen LogP contribution in [0, 0.1) is 0 Å². The van der Waals surface area contributed by atoms with Gasteiger partial charge in [0.25, 0.3) is 0 Å². The van der Waals surface area contributed by atoms with E-state index in [2.05, 4.69) is 9.97 Å². The Morgan fingerprint density at radius 3 is 2.61 bits per heavy atom. The van der Waals surface area contributed by atoms with Crippen LogP contribution in [0.3, 0.4) is 0 Å². The Kier molecular flexibility index (Phi) is 5.15. The number of rotatable bonds is 6. The first-order valence-corrected chi connectivity index (χ1v) is 9.27. The molecule has 1 aliphatic carbocycles. The Bertz CT molecular complexity index is 1030. The molecule has 0 atom stereocenters. The molecule has 5 nitrogen and oxygen atoms in total. The number of benzene rings is 1. The van der Waals surface area contributed by atoms with E-state index in [0.717, 1.165) is 41.5 Å². The molecule has 0 bridgehead atoms. The first kappa shape index (κ1) is 17.9. The summed E-state index contributed by atoms with van der Waals surface area (Å²) in [5.74, 6) is -0.426. The van der Waals surface area contributed by atoms with Crippen LogP contribution in [0.2, 0.25) is 0 Å². The molecule has 3 aromatic rings. The number of carboxylic acid groups (broad SMARTS) is 1. The van der Waals surface area contributed by atoms with E-state index in [9.17, 15) is 9.90 Å². The second-order valence-corrected chi connectivity index (χ2v) is 6.65. The molecule has 140 valence electrons. The maximum Gasteiger partial charge on any atom is 0.354 e. The van der Waals surface area contributed by atoms with Crippen molar-refractivity contribution in [3.8, 4) is 5.88 Å².